The molecule has 0 radical (unpaired) electrons. The van der Waals surface area contributed by atoms with Crippen LogP contribution in [-0.4, -0.2) is 74.6 Å². The number of rotatable bonds is 7. The average molecular weight is 554 g/mol. The van der Waals surface area contributed by atoms with Crippen molar-refractivity contribution in [1.29, 1.82) is 0 Å². The first-order valence-corrected chi connectivity index (χ1v) is 13.9. The van der Waals surface area contributed by atoms with Crippen LogP contribution in [0.5, 0.6) is 17.4 Å². The first kappa shape index (κ1) is 26.8. The number of benzene rings is 1. The normalized spacial score (nSPS) is 16.5. The van der Waals surface area contributed by atoms with E-state index in [1.54, 1.807) is 7.11 Å². The summed E-state index contributed by atoms with van der Waals surface area (Å²) in [6.45, 7) is 8.96. The van der Waals surface area contributed by atoms with Crippen LogP contribution >= 0.6 is 0 Å². The largest absolute Gasteiger partial charge is 0.493 e. The summed E-state index contributed by atoms with van der Waals surface area (Å²) in [6, 6.07) is 12.1. The van der Waals surface area contributed by atoms with Crippen LogP contribution in [0.2, 0.25) is 0 Å². The number of nitrogens with zero attached hydrogens (tertiary/aromatic N) is 6. The van der Waals surface area contributed by atoms with Crippen LogP contribution in [0, 0.1) is 6.92 Å². The smallest absolute Gasteiger partial charge is 0.245 e. The van der Waals surface area contributed by atoms with E-state index in [9.17, 15) is 4.79 Å². The number of ether oxygens (including phenoxy) is 2. The maximum absolute atomic E-state index is 12.0. The number of nitrogen functional groups attached to an aromatic ring is 1. The van der Waals surface area contributed by atoms with E-state index < -0.39 is 0 Å². The molecule has 10 heteroatoms. The lowest BCUT2D eigenvalue weighted by atomic mass is 9.87. The van der Waals surface area contributed by atoms with Gasteiger partial charge >= 0.3 is 0 Å². The Balaban J connectivity index is 1.31. The van der Waals surface area contributed by atoms with Crippen molar-refractivity contribution < 1.29 is 14.3 Å². The zero-order valence-electron chi connectivity index (χ0n) is 23.7. The lowest BCUT2D eigenvalue weighted by Crippen LogP contribution is -2.55. The molecule has 2 fully saturated rings. The van der Waals surface area contributed by atoms with E-state index in [1.807, 2.05) is 55.3 Å². The number of anilines is 1. The van der Waals surface area contributed by atoms with E-state index in [-0.39, 0.29) is 5.91 Å². The Morgan fingerprint density at radius 1 is 1.12 bits per heavy atom. The molecule has 6 rings (SSSR count). The third kappa shape index (κ3) is 4.88. The minimum atomic E-state index is 0.0192. The van der Waals surface area contributed by atoms with Gasteiger partial charge < -0.3 is 24.7 Å². The second kappa shape index (κ2) is 10.9. The van der Waals surface area contributed by atoms with Crippen molar-refractivity contribution in [3.05, 3.63) is 66.8 Å². The van der Waals surface area contributed by atoms with Gasteiger partial charge in [0.05, 0.1) is 12.5 Å². The molecule has 212 valence electrons. The van der Waals surface area contributed by atoms with Crippen molar-refractivity contribution in [3.63, 3.8) is 0 Å². The summed E-state index contributed by atoms with van der Waals surface area (Å²) >= 11 is 0. The number of methoxy groups -OCH3 is 1. The Morgan fingerprint density at radius 2 is 1.90 bits per heavy atom. The van der Waals surface area contributed by atoms with Gasteiger partial charge in [-0.05, 0) is 49.6 Å². The van der Waals surface area contributed by atoms with E-state index in [0.717, 1.165) is 66.9 Å². The van der Waals surface area contributed by atoms with Crippen LogP contribution in [-0.2, 0) is 11.8 Å². The summed E-state index contributed by atoms with van der Waals surface area (Å²) in [4.78, 5) is 29.8. The van der Waals surface area contributed by atoms with Crippen molar-refractivity contribution in [2.45, 2.75) is 31.7 Å². The predicted molar refractivity (Wildman–Crippen MR) is 158 cm³/mol. The standard InChI is InChI=1S/C31H35N7O3/c1-5-26(39)37-13-11-22(12-14-37)38-16-21(17-38)29-27(28-30(32)33-18-34-31(28)36(29)3)20-9-10-23(24(15-20)40-4)41-25-8-6-7-19(2)35-25/h5-10,15,18,21-22H,1,11-14,16-17H2,2-4H3,(H2,32,33,34). The van der Waals surface area contributed by atoms with E-state index >= 15 is 0 Å². The van der Waals surface area contributed by atoms with Crippen LogP contribution in [0.15, 0.2) is 55.4 Å². The Morgan fingerprint density at radius 3 is 2.61 bits per heavy atom. The molecule has 41 heavy (non-hydrogen) atoms. The molecule has 1 amide bonds. The molecular formula is C31H35N7O3. The molecule has 4 aromatic rings. The van der Waals surface area contributed by atoms with Crippen molar-refractivity contribution in [1.82, 2.24) is 29.3 Å². The highest BCUT2D eigenvalue weighted by Crippen LogP contribution is 2.45. The fourth-order valence-corrected chi connectivity index (χ4v) is 6.22. The van der Waals surface area contributed by atoms with Crippen molar-refractivity contribution in [3.8, 4) is 28.5 Å². The number of hydrogen-bond donors (Lipinski definition) is 1. The van der Waals surface area contributed by atoms with Gasteiger partial charge in [0.2, 0.25) is 11.8 Å². The molecule has 1 aromatic carbocycles. The van der Waals surface area contributed by atoms with Gasteiger partial charge in [-0.3, -0.25) is 9.69 Å². The number of amides is 1. The number of piperidine rings is 1. The van der Waals surface area contributed by atoms with Crippen LogP contribution in [0.3, 0.4) is 0 Å². The molecule has 3 aromatic heterocycles. The first-order valence-electron chi connectivity index (χ1n) is 13.9. The van der Waals surface area contributed by atoms with Gasteiger partial charge in [0.15, 0.2) is 11.5 Å². The molecular weight excluding hydrogens is 518 g/mol. The third-order valence-electron chi connectivity index (χ3n) is 8.34. The molecule has 0 aliphatic carbocycles. The average Bonchev–Trinajstić information content (AvgIpc) is 3.25. The highest BCUT2D eigenvalue weighted by Gasteiger charge is 2.39. The molecule has 2 saturated heterocycles. The molecule has 0 unspecified atom stereocenters. The number of likely N-dealkylation sites (tertiary alicyclic amines) is 2. The van der Waals surface area contributed by atoms with Gasteiger partial charge in [0, 0.05) is 68.2 Å². The Labute approximate surface area is 239 Å². The van der Waals surface area contributed by atoms with E-state index in [1.165, 1.54) is 18.1 Å². The first-order chi connectivity index (χ1) is 19.9. The Hall–Kier alpha value is -4.44. The second-order valence-corrected chi connectivity index (χ2v) is 10.8. The molecule has 2 aliphatic heterocycles. The van der Waals surface area contributed by atoms with Gasteiger partial charge in [-0.15, -0.1) is 0 Å². The number of aryl methyl sites for hydroxylation is 2. The number of fused-ring (bicyclic) bond motifs is 1. The van der Waals surface area contributed by atoms with Gasteiger partial charge in [-0.1, -0.05) is 18.7 Å². The summed E-state index contributed by atoms with van der Waals surface area (Å²) < 4.78 is 14.0. The lowest BCUT2D eigenvalue weighted by molar-refractivity contribution is -0.127. The van der Waals surface area contributed by atoms with Gasteiger partial charge in [-0.25, -0.2) is 15.0 Å². The van der Waals surface area contributed by atoms with Gasteiger partial charge in [0.1, 0.15) is 17.8 Å². The molecule has 0 atom stereocenters. The number of hydrogen-bond acceptors (Lipinski definition) is 8. The number of nitrogens with two attached hydrogens (primary N) is 1. The van der Waals surface area contributed by atoms with Crippen LogP contribution in [0.1, 0.15) is 30.1 Å². The van der Waals surface area contributed by atoms with Crippen LogP contribution in [0.25, 0.3) is 22.2 Å². The highest BCUT2D eigenvalue weighted by molar-refractivity contribution is 6.03. The third-order valence-corrected chi connectivity index (χ3v) is 8.34. The summed E-state index contributed by atoms with van der Waals surface area (Å²) in [7, 11) is 3.68. The maximum Gasteiger partial charge on any atom is 0.245 e. The topological polar surface area (TPSA) is 112 Å². The monoisotopic (exact) mass is 553 g/mol. The fraction of sp³-hybridized carbons (Fsp3) is 0.355. The van der Waals surface area contributed by atoms with E-state index in [2.05, 4.69) is 31.0 Å². The molecule has 5 heterocycles. The molecule has 10 nitrogen and oxygen atoms in total. The minimum Gasteiger partial charge on any atom is -0.493 e. The summed E-state index contributed by atoms with van der Waals surface area (Å²) in [5, 5.41) is 0.843. The van der Waals surface area contributed by atoms with Crippen LogP contribution < -0.4 is 15.2 Å². The molecule has 0 saturated carbocycles. The number of pyridine rings is 1. The zero-order chi connectivity index (χ0) is 28.7. The van der Waals surface area contributed by atoms with Crippen molar-refractivity contribution in [2.75, 3.05) is 39.0 Å². The highest BCUT2D eigenvalue weighted by atomic mass is 16.5. The number of carbonyl (C=O) groups excluding carboxylic acids is 1. The molecule has 2 N–H and O–H groups in total. The quantitative estimate of drug-likeness (QED) is 0.337. The SMILES string of the molecule is C=CC(=O)N1CCC(N2CC(c3c(-c4ccc(Oc5cccc(C)n5)c(OC)c4)c4c(N)ncnc4n3C)C2)CC1. The van der Waals surface area contributed by atoms with Gasteiger partial charge in [-0.2, -0.15) is 0 Å². The molecule has 2 aliphatic rings. The van der Waals surface area contributed by atoms with Crippen molar-refractivity contribution in [2.24, 2.45) is 7.05 Å². The second-order valence-electron chi connectivity index (χ2n) is 10.8. The Bertz CT molecular complexity index is 1620. The predicted octanol–water partition coefficient (Wildman–Crippen LogP) is 4.30. The summed E-state index contributed by atoms with van der Waals surface area (Å²) in [5.74, 6) is 2.46. The van der Waals surface area contributed by atoms with Crippen molar-refractivity contribution >= 4 is 22.8 Å². The number of carbonyl (C=O) groups is 1. The lowest BCUT2D eigenvalue weighted by Gasteiger charge is -2.47. The fourth-order valence-electron chi connectivity index (χ4n) is 6.22. The Kier molecular flexibility index (Phi) is 7.08. The molecule has 0 bridgehead atoms. The summed E-state index contributed by atoms with van der Waals surface area (Å²) in [5.41, 5.74) is 11.3. The zero-order valence-corrected chi connectivity index (χ0v) is 23.7. The number of aromatic nitrogens is 4. The summed E-state index contributed by atoms with van der Waals surface area (Å²) in [6.07, 6.45) is 4.87. The minimum absolute atomic E-state index is 0.0192. The van der Waals surface area contributed by atoms with Crippen LogP contribution in [0.4, 0.5) is 5.82 Å². The van der Waals surface area contributed by atoms with E-state index in [0.29, 0.717) is 35.2 Å². The maximum atomic E-state index is 12.0. The van der Waals surface area contributed by atoms with Gasteiger partial charge in [0.25, 0.3) is 0 Å². The molecule has 0 spiro atoms. The van der Waals surface area contributed by atoms with E-state index in [4.69, 9.17) is 15.2 Å².